The molecule has 2 aromatic heterocycles. The van der Waals surface area contributed by atoms with E-state index in [1.54, 1.807) is 19.1 Å². The zero-order valence-electron chi connectivity index (χ0n) is 13.3. The molecule has 2 aromatic rings. The van der Waals surface area contributed by atoms with Crippen molar-refractivity contribution in [1.29, 1.82) is 0 Å². The van der Waals surface area contributed by atoms with Crippen molar-refractivity contribution in [2.24, 2.45) is 5.92 Å². The highest BCUT2D eigenvalue weighted by atomic mass is 32.2. The molecule has 6 nitrogen and oxygen atoms in total. The number of thiazole rings is 1. The van der Waals surface area contributed by atoms with E-state index >= 15 is 0 Å². The minimum Gasteiger partial charge on any atom is -0.481 e. The summed E-state index contributed by atoms with van der Waals surface area (Å²) >= 11 is 2.70. The van der Waals surface area contributed by atoms with Crippen LogP contribution in [0.5, 0.6) is 0 Å². The zero-order valence-corrected chi connectivity index (χ0v) is 15.7. The lowest BCUT2D eigenvalue weighted by molar-refractivity contribution is -0.144. The molecule has 3 rings (SSSR count). The largest absolute Gasteiger partial charge is 0.481 e. The van der Waals surface area contributed by atoms with Crippen molar-refractivity contribution in [3.8, 4) is 10.6 Å². The first-order valence-electron chi connectivity index (χ1n) is 7.57. The van der Waals surface area contributed by atoms with Crippen LogP contribution >= 0.6 is 22.7 Å². The van der Waals surface area contributed by atoms with Gasteiger partial charge in [-0.3, -0.25) is 4.79 Å². The van der Waals surface area contributed by atoms with Gasteiger partial charge in [-0.1, -0.05) is 0 Å². The molecular formula is C15H18N2O4S3. The monoisotopic (exact) mass is 386 g/mol. The minimum atomic E-state index is -3.69. The zero-order chi connectivity index (χ0) is 17.5. The molecule has 0 radical (unpaired) electrons. The van der Waals surface area contributed by atoms with E-state index in [-0.39, 0.29) is 4.21 Å². The van der Waals surface area contributed by atoms with Gasteiger partial charge in [0.05, 0.1) is 21.5 Å². The highest BCUT2D eigenvalue weighted by Crippen LogP contribution is 2.35. The molecule has 0 bridgehead atoms. The van der Waals surface area contributed by atoms with Crippen LogP contribution in [0.15, 0.2) is 21.7 Å². The van der Waals surface area contributed by atoms with E-state index in [1.807, 2.05) is 12.3 Å². The minimum absolute atomic E-state index is 0.237. The third kappa shape index (κ3) is 3.13. The van der Waals surface area contributed by atoms with Crippen LogP contribution in [-0.2, 0) is 14.8 Å². The smallest absolute Gasteiger partial charge is 0.308 e. The van der Waals surface area contributed by atoms with Gasteiger partial charge in [0.1, 0.15) is 4.21 Å². The lowest BCUT2D eigenvalue weighted by atomic mass is 9.92. The predicted octanol–water partition coefficient (Wildman–Crippen LogP) is 3.05. The van der Waals surface area contributed by atoms with Gasteiger partial charge in [0.25, 0.3) is 10.0 Å². The highest BCUT2D eigenvalue weighted by Gasteiger charge is 2.40. The number of nitrogens with zero attached hydrogens (tertiary/aromatic N) is 2. The molecule has 0 aromatic carbocycles. The van der Waals surface area contributed by atoms with Crippen molar-refractivity contribution >= 4 is 38.7 Å². The summed E-state index contributed by atoms with van der Waals surface area (Å²) in [5.74, 6) is -1.60. The van der Waals surface area contributed by atoms with E-state index in [0.717, 1.165) is 15.6 Å². The standard InChI is InChI=1S/C15H18N2O4S3/c1-9-11(15(18)19)4-3-7-17(9)24(20,21)14-6-5-13(23-14)12-8-22-10(2)16-12/h5-6,8-9,11H,3-4,7H2,1-2H3,(H,18,19)/t9-,11-/m1/s1. The van der Waals surface area contributed by atoms with Gasteiger partial charge < -0.3 is 5.11 Å². The lowest BCUT2D eigenvalue weighted by Gasteiger charge is -2.35. The second-order valence-corrected chi connectivity index (χ2v) is 10.1. The fourth-order valence-electron chi connectivity index (χ4n) is 2.97. The van der Waals surface area contributed by atoms with Crippen LogP contribution in [0, 0.1) is 12.8 Å². The van der Waals surface area contributed by atoms with Crippen LogP contribution in [0.4, 0.5) is 0 Å². The van der Waals surface area contributed by atoms with Crippen LogP contribution in [0.25, 0.3) is 10.6 Å². The fraction of sp³-hybridized carbons (Fsp3) is 0.467. The van der Waals surface area contributed by atoms with Gasteiger partial charge in [0.2, 0.25) is 0 Å². The van der Waals surface area contributed by atoms with E-state index in [2.05, 4.69) is 4.98 Å². The maximum absolute atomic E-state index is 12.9. The molecule has 3 heterocycles. The number of aryl methyl sites for hydroxylation is 1. The topological polar surface area (TPSA) is 87.6 Å². The number of aliphatic carboxylic acids is 1. The Kier molecular flexibility index (Phi) is 4.78. The van der Waals surface area contributed by atoms with E-state index in [0.29, 0.717) is 19.4 Å². The van der Waals surface area contributed by atoms with Gasteiger partial charge in [0.15, 0.2) is 0 Å². The molecule has 1 aliphatic rings. The third-order valence-corrected chi connectivity index (χ3v) is 8.60. The highest BCUT2D eigenvalue weighted by molar-refractivity contribution is 7.91. The molecular weight excluding hydrogens is 368 g/mol. The Labute approximate surface area is 148 Å². The Balaban J connectivity index is 1.90. The second-order valence-electron chi connectivity index (χ2n) is 5.81. The summed E-state index contributed by atoms with van der Waals surface area (Å²) in [4.78, 5) is 16.5. The van der Waals surface area contributed by atoms with Gasteiger partial charge in [-0.25, -0.2) is 13.4 Å². The number of carboxylic acid groups (broad SMARTS) is 1. The van der Waals surface area contributed by atoms with E-state index in [1.165, 1.54) is 27.0 Å². The Morgan fingerprint density at radius 2 is 2.17 bits per heavy atom. The molecule has 1 saturated heterocycles. The first-order chi connectivity index (χ1) is 11.3. The normalized spacial score (nSPS) is 22.6. The van der Waals surface area contributed by atoms with Crippen LogP contribution in [0.3, 0.4) is 0 Å². The summed E-state index contributed by atoms with van der Waals surface area (Å²) < 4.78 is 27.5. The van der Waals surface area contributed by atoms with E-state index in [4.69, 9.17) is 0 Å². The average Bonchev–Trinajstić information content (AvgIpc) is 3.15. The van der Waals surface area contributed by atoms with Gasteiger partial charge in [-0.05, 0) is 38.8 Å². The number of hydrogen-bond donors (Lipinski definition) is 1. The number of sulfonamides is 1. The Bertz CT molecular complexity index is 856. The maximum Gasteiger partial charge on any atom is 0.308 e. The molecule has 1 aliphatic heterocycles. The van der Waals surface area contributed by atoms with Gasteiger partial charge >= 0.3 is 5.97 Å². The summed E-state index contributed by atoms with van der Waals surface area (Å²) in [5, 5.41) is 12.1. The molecule has 0 amide bonds. The molecule has 0 saturated carbocycles. The molecule has 0 aliphatic carbocycles. The molecule has 0 spiro atoms. The number of rotatable bonds is 4. The Morgan fingerprint density at radius 3 is 2.79 bits per heavy atom. The van der Waals surface area contributed by atoms with Crippen LogP contribution in [0.2, 0.25) is 0 Å². The van der Waals surface area contributed by atoms with Crippen molar-refractivity contribution in [1.82, 2.24) is 9.29 Å². The number of piperidine rings is 1. The number of aromatic nitrogens is 1. The number of carboxylic acids is 1. The molecule has 24 heavy (non-hydrogen) atoms. The summed E-state index contributed by atoms with van der Waals surface area (Å²) in [5.41, 5.74) is 0.777. The Hall–Kier alpha value is -1.29. The third-order valence-electron chi connectivity index (χ3n) is 4.26. The molecule has 9 heteroatoms. The summed E-state index contributed by atoms with van der Waals surface area (Å²) in [7, 11) is -3.69. The SMILES string of the molecule is Cc1nc(-c2ccc(S(=O)(=O)N3CCC[C@@H](C(=O)O)[C@H]3C)s2)cs1. The summed E-state index contributed by atoms with van der Waals surface area (Å²) in [6.45, 7) is 3.94. The first-order valence-corrected chi connectivity index (χ1v) is 10.7. The molecule has 1 N–H and O–H groups in total. The predicted molar refractivity (Wildman–Crippen MR) is 93.9 cm³/mol. The fourth-order valence-corrected chi connectivity index (χ4v) is 6.76. The van der Waals surface area contributed by atoms with Gasteiger partial charge in [-0.2, -0.15) is 4.31 Å². The Morgan fingerprint density at radius 1 is 1.42 bits per heavy atom. The molecule has 130 valence electrons. The number of carbonyl (C=O) groups is 1. The summed E-state index contributed by atoms with van der Waals surface area (Å²) in [6.07, 6.45) is 1.07. The molecule has 0 unspecified atom stereocenters. The lowest BCUT2D eigenvalue weighted by Crippen LogP contribution is -2.48. The van der Waals surface area contributed by atoms with Gasteiger partial charge in [0, 0.05) is 18.0 Å². The molecule has 1 fully saturated rings. The quantitative estimate of drug-likeness (QED) is 0.872. The van der Waals surface area contributed by atoms with Gasteiger partial charge in [-0.15, -0.1) is 22.7 Å². The van der Waals surface area contributed by atoms with Crippen LogP contribution < -0.4 is 0 Å². The molecule has 2 atom stereocenters. The summed E-state index contributed by atoms with van der Waals surface area (Å²) in [6, 6.07) is 2.80. The van der Waals surface area contributed by atoms with Crippen molar-refractivity contribution in [3.63, 3.8) is 0 Å². The van der Waals surface area contributed by atoms with Crippen molar-refractivity contribution < 1.29 is 18.3 Å². The van der Waals surface area contributed by atoms with Crippen molar-refractivity contribution in [2.45, 2.75) is 36.9 Å². The number of thiophene rings is 1. The van der Waals surface area contributed by atoms with Crippen molar-refractivity contribution in [2.75, 3.05) is 6.54 Å². The first kappa shape index (κ1) is 17.5. The van der Waals surface area contributed by atoms with Crippen LogP contribution in [-0.4, -0.2) is 41.4 Å². The number of hydrogen-bond acceptors (Lipinski definition) is 6. The van der Waals surface area contributed by atoms with E-state index in [9.17, 15) is 18.3 Å². The van der Waals surface area contributed by atoms with Crippen molar-refractivity contribution in [3.05, 3.63) is 22.5 Å². The van der Waals surface area contributed by atoms with E-state index < -0.39 is 28.0 Å². The maximum atomic E-state index is 12.9. The van der Waals surface area contributed by atoms with Crippen LogP contribution in [0.1, 0.15) is 24.8 Å². The second kappa shape index (κ2) is 6.55. The average molecular weight is 387 g/mol.